The van der Waals surface area contributed by atoms with Crippen LogP contribution in [0.15, 0.2) is 24.3 Å². The van der Waals surface area contributed by atoms with Crippen LogP contribution in [0, 0.1) is 0 Å². The molecule has 76 valence electrons. The molecule has 0 fully saturated rings. The summed E-state index contributed by atoms with van der Waals surface area (Å²) in [5, 5.41) is 3.67. The maximum Gasteiger partial charge on any atom is 0.209 e. The molecule has 1 rings (SSSR count). The van der Waals surface area contributed by atoms with Crippen molar-refractivity contribution in [2.75, 3.05) is 7.05 Å². The number of likely N-dealkylation sites (N-methyl/N-ethyl adjacent to an activating group) is 1. The van der Waals surface area contributed by atoms with Crippen molar-refractivity contribution in [1.29, 1.82) is 0 Å². The number of carbonyl (C=O) groups excluding carboxylic acids is 1. The van der Waals surface area contributed by atoms with Crippen molar-refractivity contribution in [2.45, 2.75) is 12.5 Å². The fraction of sp³-hybridized carbons (Fsp3) is 0.300. The van der Waals surface area contributed by atoms with Crippen molar-refractivity contribution in [3.8, 4) is 0 Å². The average molecular weight is 324 g/mol. The molecule has 14 heavy (non-hydrogen) atoms. The zero-order valence-electron chi connectivity index (χ0n) is 7.76. The van der Waals surface area contributed by atoms with E-state index >= 15 is 0 Å². The van der Waals surface area contributed by atoms with Crippen LogP contribution >= 0.6 is 34.2 Å². The molecule has 0 amide bonds. The quantitative estimate of drug-likeness (QED) is 0.681. The highest BCUT2D eigenvalue weighted by Gasteiger charge is 2.14. The molecular weight excluding hydrogens is 312 g/mol. The van der Waals surface area contributed by atoms with Crippen molar-refractivity contribution in [1.82, 2.24) is 5.32 Å². The Morgan fingerprint density at radius 1 is 1.57 bits per heavy atom. The zero-order chi connectivity index (χ0) is 10.6. The first kappa shape index (κ1) is 11.9. The summed E-state index contributed by atoms with van der Waals surface area (Å²) in [6.45, 7) is 0. The van der Waals surface area contributed by atoms with E-state index < -0.39 is 0 Å². The Bertz CT molecular complexity index is 330. The maximum absolute atomic E-state index is 11.2. The molecule has 0 aromatic heterocycles. The monoisotopic (exact) mass is 323 g/mol. The molecule has 0 bridgehead atoms. The molecule has 4 heteroatoms. The molecule has 0 radical (unpaired) electrons. The van der Waals surface area contributed by atoms with Crippen LogP contribution in [0.4, 0.5) is 0 Å². The highest BCUT2D eigenvalue weighted by Crippen LogP contribution is 2.17. The summed E-state index contributed by atoms with van der Waals surface area (Å²) < 4.78 is 0.102. The standard InChI is InChI=1S/C10H11ClINO/c1-13-9(10(12)14)6-7-4-2-3-5-8(7)11/h2-5,9,13H,6H2,1H3/t9-/m0/s1. The molecule has 2 nitrogen and oxygen atoms in total. The molecule has 0 spiro atoms. The van der Waals surface area contributed by atoms with Gasteiger partial charge in [0.15, 0.2) is 0 Å². The van der Waals surface area contributed by atoms with E-state index in [-0.39, 0.29) is 9.83 Å². The van der Waals surface area contributed by atoms with Crippen LogP contribution in [0.25, 0.3) is 0 Å². The summed E-state index contributed by atoms with van der Waals surface area (Å²) in [4.78, 5) is 11.2. The SMILES string of the molecule is CN[C@@H](Cc1ccccc1Cl)C(=O)I. The Morgan fingerprint density at radius 3 is 2.71 bits per heavy atom. The lowest BCUT2D eigenvalue weighted by atomic mass is 10.1. The van der Waals surface area contributed by atoms with E-state index in [2.05, 4.69) is 5.32 Å². The second-order valence-electron chi connectivity index (χ2n) is 2.94. The highest BCUT2D eigenvalue weighted by atomic mass is 127. The minimum Gasteiger partial charge on any atom is -0.310 e. The first-order valence-corrected chi connectivity index (χ1v) is 5.71. The van der Waals surface area contributed by atoms with Gasteiger partial charge < -0.3 is 5.32 Å². The third-order valence-corrected chi connectivity index (χ3v) is 3.12. The molecule has 0 aliphatic rings. The predicted molar refractivity (Wildman–Crippen MR) is 67.0 cm³/mol. The van der Waals surface area contributed by atoms with Gasteiger partial charge in [0.1, 0.15) is 0 Å². The number of hydrogen-bond acceptors (Lipinski definition) is 2. The van der Waals surface area contributed by atoms with Crippen molar-refractivity contribution in [2.24, 2.45) is 0 Å². The lowest BCUT2D eigenvalue weighted by molar-refractivity contribution is -0.111. The van der Waals surface area contributed by atoms with Crippen LogP contribution in [-0.2, 0) is 11.2 Å². The van der Waals surface area contributed by atoms with Crippen LogP contribution in [0.5, 0.6) is 0 Å². The van der Waals surface area contributed by atoms with Gasteiger partial charge in [0.05, 0.1) is 6.04 Å². The van der Waals surface area contributed by atoms with Crippen LogP contribution < -0.4 is 5.32 Å². The Kier molecular flexibility index (Phi) is 4.84. The first-order chi connectivity index (χ1) is 6.65. The lowest BCUT2D eigenvalue weighted by Crippen LogP contribution is -2.32. The number of nitrogens with one attached hydrogen (secondary N) is 1. The van der Waals surface area contributed by atoms with Gasteiger partial charge in [-0.3, -0.25) is 4.79 Å². The third kappa shape index (κ3) is 3.22. The smallest absolute Gasteiger partial charge is 0.209 e. The van der Waals surface area contributed by atoms with Crippen molar-refractivity contribution in [3.63, 3.8) is 0 Å². The Hall–Kier alpha value is -0.130. The van der Waals surface area contributed by atoms with Gasteiger partial charge in [-0.1, -0.05) is 29.8 Å². The summed E-state index contributed by atoms with van der Waals surface area (Å²) in [6, 6.07) is 7.42. The van der Waals surface area contributed by atoms with E-state index in [9.17, 15) is 4.79 Å². The molecule has 1 N–H and O–H groups in total. The topological polar surface area (TPSA) is 29.1 Å². The van der Waals surface area contributed by atoms with Gasteiger partial charge in [0.25, 0.3) is 0 Å². The van der Waals surface area contributed by atoms with E-state index in [0.717, 1.165) is 5.56 Å². The number of hydrogen-bond donors (Lipinski definition) is 1. The Balaban J connectivity index is 2.77. The van der Waals surface area contributed by atoms with Crippen molar-refractivity contribution >= 4 is 38.0 Å². The van der Waals surface area contributed by atoms with E-state index in [4.69, 9.17) is 11.6 Å². The van der Waals surface area contributed by atoms with E-state index in [0.29, 0.717) is 11.4 Å². The van der Waals surface area contributed by atoms with Gasteiger partial charge in [0.2, 0.25) is 3.79 Å². The number of benzene rings is 1. The normalized spacial score (nSPS) is 12.5. The van der Waals surface area contributed by atoms with E-state index in [1.54, 1.807) is 29.6 Å². The minimum atomic E-state index is -0.157. The van der Waals surface area contributed by atoms with Gasteiger partial charge in [-0.05, 0) is 25.1 Å². The van der Waals surface area contributed by atoms with Crippen LogP contribution in [0.1, 0.15) is 5.56 Å². The van der Waals surface area contributed by atoms with Gasteiger partial charge >= 0.3 is 0 Å². The largest absolute Gasteiger partial charge is 0.310 e. The van der Waals surface area contributed by atoms with Gasteiger partial charge in [0, 0.05) is 27.6 Å². The summed E-state index contributed by atoms with van der Waals surface area (Å²) >= 11 is 7.79. The van der Waals surface area contributed by atoms with Gasteiger partial charge in [-0.15, -0.1) is 0 Å². The van der Waals surface area contributed by atoms with Gasteiger partial charge in [-0.2, -0.15) is 0 Å². The molecule has 0 unspecified atom stereocenters. The summed E-state index contributed by atoms with van der Waals surface area (Å²) in [7, 11) is 1.78. The number of rotatable bonds is 4. The Labute approximate surface area is 102 Å². The van der Waals surface area contributed by atoms with E-state index in [1.807, 2.05) is 24.3 Å². The molecular formula is C10H11ClINO. The molecule has 1 atom stereocenters. The second kappa shape index (κ2) is 5.68. The lowest BCUT2D eigenvalue weighted by Gasteiger charge is -2.12. The summed E-state index contributed by atoms with van der Waals surface area (Å²) in [5.41, 5.74) is 0.999. The van der Waals surface area contributed by atoms with Crippen LogP contribution in [0.3, 0.4) is 0 Å². The van der Waals surface area contributed by atoms with Crippen LogP contribution in [0.2, 0.25) is 5.02 Å². The number of halogens is 2. The number of carbonyl (C=O) groups is 1. The Morgan fingerprint density at radius 2 is 2.21 bits per heavy atom. The summed E-state index contributed by atoms with van der Waals surface area (Å²) in [5.74, 6) is 0. The fourth-order valence-corrected chi connectivity index (χ4v) is 1.92. The molecule has 0 heterocycles. The molecule has 1 aromatic carbocycles. The fourth-order valence-electron chi connectivity index (χ4n) is 1.18. The molecule has 0 saturated carbocycles. The summed E-state index contributed by atoms with van der Waals surface area (Å²) in [6.07, 6.45) is 0.637. The maximum atomic E-state index is 11.2. The third-order valence-electron chi connectivity index (χ3n) is 2.00. The molecule has 1 aromatic rings. The van der Waals surface area contributed by atoms with Crippen LogP contribution in [-0.4, -0.2) is 16.9 Å². The van der Waals surface area contributed by atoms with Crippen molar-refractivity contribution in [3.05, 3.63) is 34.9 Å². The van der Waals surface area contributed by atoms with Gasteiger partial charge in [-0.25, -0.2) is 0 Å². The molecule has 0 saturated heterocycles. The predicted octanol–water partition coefficient (Wildman–Crippen LogP) is 2.43. The molecule has 0 aliphatic heterocycles. The second-order valence-corrected chi connectivity index (χ2v) is 4.41. The van der Waals surface area contributed by atoms with Crippen molar-refractivity contribution < 1.29 is 4.79 Å². The minimum absolute atomic E-state index is 0.102. The highest BCUT2D eigenvalue weighted by molar-refractivity contribution is 14.1. The molecule has 0 aliphatic carbocycles. The van der Waals surface area contributed by atoms with E-state index in [1.165, 1.54) is 0 Å². The zero-order valence-corrected chi connectivity index (χ0v) is 10.7. The average Bonchev–Trinajstić information content (AvgIpc) is 2.16. The first-order valence-electron chi connectivity index (χ1n) is 4.25.